The number of aromatic nitrogens is 1. The van der Waals surface area contributed by atoms with Crippen molar-refractivity contribution >= 4 is 17.0 Å². The average Bonchev–Trinajstić information content (AvgIpc) is 3.07. The van der Waals surface area contributed by atoms with E-state index in [0.717, 1.165) is 23.4 Å². The van der Waals surface area contributed by atoms with Gasteiger partial charge in [-0.2, -0.15) is 13.2 Å². The first kappa shape index (κ1) is 17.1. The minimum absolute atomic E-state index is 0.0119. The standard InChI is InChI=1S/C18H17F3N2O2/c1-3-23-14-7-11(2)25-16(14)9-15(23)17(24)22-10-12-5-4-6-13(8-12)18(19,20)21/h4-9H,3,10H2,1-2H3,(H,22,24). The molecule has 0 saturated heterocycles. The van der Waals surface area contributed by atoms with E-state index in [9.17, 15) is 18.0 Å². The summed E-state index contributed by atoms with van der Waals surface area (Å²) < 4.78 is 45.6. The Kier molecular flexibility index (Phi) is 4.32. The molecule has 0 bridgehead atoms. The van der Waals surface area contributed by atoms with E-state index in [1.165, 1.54) is 6.07 Å². The van der Waals surface area contributed by atoms with Crippen molar-refractivity contribution in [3.8, 4) is 0 Å². The van der Waals surface area contributed by atoms with Crippen molar-refractivity contribution in [1.82, 2.24) is 9.88 Å². The minimum Gasteiger partial charge on any atom is -0.460 e. The molecular weight excluding hydrogens is 333 g/mol. The van der Waals surface area contributed by atoms with E-state index in [1.807, 2.05) is 24.5 Å². The van der Waals surface area contributed by atoms with Gasteiger partial charge in [0.1, 0.15) is 11.5 Å². The molecule has 0 fully saturated rings. The second-order valence-corrected chi connectivity index (χ2v) is 5.76. The van der Waals surface area contributed by atoms with Crippen molar-refractivity contribution in [1.29, 1.82) is 0 Å². The van der Waals surface area contributed by atoms with E-state index in [2.05, 4.69) is 5.32 Å². The Morgan fingerprint density at radius 3 is 2.68 bits per heavy atom. The normalized spacial score (nSPS) is 11.9. The fraction of sp³-hybridized carbons (Fsp3) is 0.278. The number of furan rings is 1. The molecule has 0 aliphatic heterocycles. The Morgan fingerprint density at radius 1 is 1.24 bits per heavy atom. The summed E-state index contributed by atoms with van der Waals surface area (Å²) in [5, 5.41) is 2.67. The average molecular weight is 350 g/mol. The van der Waals surface area contributed by atoms with E-state index in [-0.39, 0.29) is 12.5 Å². The van der Waals surface area contributed by atoms with Gasteiger partial charge in [0.15, 0.2) is 5.58 Å². The maximum absolute atomic E-state index is 12.7. The number of hydrogen-bond acceptors (Lipinski definition) is 2. The highest BCUT2D eigenvalue weighted by atomic mass is 19.4. The number of carbonyl (C=O) groups excluding carboxylic acids is 1. The predicted molar refractivity (Wildman–Crippen MR) is 87.2 cm³/mol. The van der Waals surface area contributed by atoms with Crippen molar-refractivity contribution in [2.24, 2.45) is 0 Å². The van der Waals surface area contributed by atoms with Crippen molar-refractivity contribution in [3.63, 3.8) is 0 Å². The van der Waals surface area contributed by atoms with Crippen LogP contribution in [-0.4, -0.2) is 10.5 Å². The third-order valence-corrected chi connectivity index (χ3v) is 3.97. The quantitative estimate of drug-likeness (QED) is 0.752. The van der Waals surface area contributed by atoms with Gasteiger partial charge in [-0.3, -0.25) is 4.79 Å². The van der Waals surface area contributed by atoms with Gasteiger partial charge in [0.05, 0.1) is 11.1 Å². The summed E-state index contributed by atoms with van der Waals surface area (Å²) in [4.78, 5) is 12.4. The van der Waals surface area contributed by atoms with Gasteiger partial charge in [-0.05, 0) is 31.5 Å². The second kappa shape index (κ2) is 6.31. The molecule has 0 aliphatic rings. The molecule has 0 spiro atoms. The molecule has 132 valence electrons. The van der Waals surface area contributed by atoms with Crippen LogP contribution >= 0.6 is 0 Å². The van der Waals surface area contributed by atoms with Gasteiger partial charge in [-0.15, -0.1) is 0 Å². The lowest BCUT2D eigenvalue weighted by atomic mass is 10.1. The van der Waals surface area contributed by atoms with Crippen LogP contribution in [0.25, 0.3) is 11.1 Å². The van der Waals surface area contributed by atoms with Crippen molar-refractivity contribution in [3.05, 3.63) is 59.0 Å². The lowest BCUT2D eigenvalue weighted by molar-refractivity contribution is -0.137. The third-order valence-electron chi connectivity index (χ3n) is 3.97. The molecule has 3 rings (SSSR count). The number of rotatable bonds is 4. The lowest BCUT2D eigenvalue weighted by Gasteiger charge is -2.10. The zero-order chi connectivity index (χ0) is 18.2. The van der Waals surface area contributed by atoms with Crippen molar-refractivity contribution in [2.75, 3.05) is 0 Å². The molecule has 25 heavy (non-hydrogen) atoms. The summed E-state index contributed by atoms with van der Waals surface area (Å²) in [6.07, 6.45) is -4.40. The van der Waals surface area contributed by atoms with Gasteiger partial charge < -0.3 is 14.3 Å². The summed E-state index contributed by atoms with van der Waals surface area (Å²) in [6, 6.07) is 8.41. The number of benzene rings is 1. The molecule has 0 saturated carbocycles. The molecule has 1 aromatic carbocycles. The van der Waals surface area contributed by atoms with Crippen LogP contribution in [-0.2, 0) is 19.3 Å². The number of amides is 1. The molecule has 2 aromatic heterocycles. The molecular formula is C18H17F3N2O2. The van der Waals surface area contributed by atoms with Gasteiger partial charge in [0, 0.05) is 25.2 Å². The number of nitrogens with zero attached hydrogens (tertiary/aromatic N) is 1. The summed E-state index contributed by atoms with van der Waals surface area (Å²) in [5.41, 5.74) is 1.51. The molecule has 0 radical (unpaired) electrons. The third kappa shape index (κ3) is 3.40. The number of aryl methyl sites for hydroxylation is 2. The Balaban J connectivity index is 1.78. The lowest BCUT2D eigenvalue weighted by Crippen LogP contribution is -2.25. The Bertz CT molecular complexity index is 922. The summed E-state index contributed by atoms with van der Waals surface area (Å²) >= 11 is 0. The van der Waals surface area contributed by atoms with Crippen LogP contribution in [0.4, 0.5) is 13.2 Å². The topological polar surface area (TPSA) is 47.2 Å². The highest BCUT2D eigenvalue weighted by molar-refractivity contribution is 5.97. The molecule has 0 aliphatic carbocycles. The minimum atomic E-state index is -4.40. The van der Waals surface area contributed by atoms with Gasteiger partial charge in [0.2, 0.25) is 0 Å². The predicted octanol–water partition coefficient (Wildman–Crippen LogP) is 4.51. The number of hydrogen-bond donors (Lipinski definition) is 1. The van der Waals surface area contributed by atoms with E-state index in [4.69, 9.17) is 4.42 Å². The number of nitrogens with one attached hydrogen (secondary N) is 1. The van der Waals surface area contributed by atoms with E-state index in [0.29, 0.717) is 23.4 Å². The molecule has 4 nitrogen and oxygen atoms in total. The van der Waals surface area contributed by atoms with Crippen LogP contribution in [0.5, 0.6) is 0 Å². The monoisotopic (exact) mass is 350 g/mol. The van der Waals surface area contributed by atoms with Crippen LogP contribution in [0.3, 0.4) is 0 Å². The zero-order valence-corrected chi connectivity index (χ0v) is 13.8. The molecule has 1 amide bonds. The van der Waals surface area contributed by atoms with Gasteiger partial charge in [-0.25, -0.2) is 0 Å². The Labute approximate surface area is 142 Å². The number of alkyl halides is 3. The molecule has 0 unspecified atom stereocenters. The smallest absolute Gasteiger partial charge is 0.416 e. The fourth-order valence-electron chi connectivity index (χ4n) is 2.82. The largest absolute Gasteiger partial charge is 0.460 e. The van der Waals surface area contributed by atoms with Crippen LogP contribution < -0.4 is 5.32 Å². The van der Waals surface area contributed by atoms with Crippen LogP contribution in [0.2, 0.25) is 0 Å². The van der Waals surface area contributed by atoms with Crippen molar-refractivity contribution in [2.45, 2.75) is 33.1 Å². The van der Waals surface area contributed by atoms with E-state index in [1.54, 1.807) is 12.1 Å². The van der Waals surface area contributed by atoms with Gasteiger partial charge >= 0.3 is 6.18 Å². The zero-order valence-electron chi connectivity index (χ0n) is 13.8. The summed E-state index contributed by atoms with van der Waals surface area (Å²) in [6.45, 7) is 4.32. The number of halogens is 3. The molecule has 2 heterocycles. The highest BCUT2D eigenvalue weighted by Crippen LogP contribution is 2.29. The maximum atomic E-state index is 12.7. The van der Waals surface area contributed by atoms with Gasteiger partial charge in [-0.1, -0.05) is 12.1 Å². The Hall–Kier alpha value is -2.70. The van der Waals surface area contributed by atoms with Crippen molar-refractivity contribution < 1.29 is 22.4 Å². The first-order valence-electron chi connectivity index (χ1n) is 7.83. The molecule has 1 N–H and O–H groups in total. The van der Waals surface area contributed by atoms with Crippen LogP contribution in [0, 0.1) is 6.92 Å². The summed E-state index contributed by atoms with van der Waals surface area (Å²) in [5.74, 6) is 0.395. The highest BCUT2D eigenvalue weighted by Gasteiger charge is 2.30. The molecule has 7 heteroatoms. The maximum Gasteiger partial charge on any atom is 0.416 e. The van der Waals surface area contributed by atoms with Crippen LogP contribution in [0.1, 0.15) is 34.3 Å². The molecule has 3 aromatic rings. The SMILES string of the molecule is CCn1c(C(=O)NCc2cccc(C(F)(F)F)c2)cc2oc(C)cc21. The van der Waals surface area contributed by atoms with Gasteiger partial charge in [0.25, 0.3) is 5.91 Å². The first-order valence-corrected chi connectivity index (χ1v) is 7.83. The molecule has 0 atom stereocenters. The first-order chi connectivity index (χ1) is 11.8. The second-order valence-electron chi connectivity index (χ2n) is 5.76. The Morgan fingerprint density at radius 2 is 2.00 bits per heavy atom. The van der Waals surface area contributed by atoms with Crippen LogP contribution in [0.15, 0.2) is 40.8 Å². The fourth-order valence-corrected chi connectivity index (χ4v) is 2.82. The number of carbonyl (C=O) groups is 1. The number of fused-ring (bicyclic) bond motifs is 1. The van der Waals surface area contributed by atoms with E-state index < -0.39 is 11.7 Å². The van der Waals surface area contributed by atoms with E-state index >= 15 is 0 Å². The summed E-state index contributed by atoms with van der Waals surface area (Å²) in [7, 11) is 0.